The van der Waals surface area contributed by atoms with E-state index in [0.717, 1.165) is 0 Å². The van der Waals surface area contributed by atoms with Crippen LogP contribution < -0.4 is 5.73 Å². The molecule has 0 saturated heterocycles. The summed E-state index contributed by atoms with van der Waals surface area (Å²) in [5, 5.41) is 0. The van der Waals surface area contributed by atoms with Crippen LogP contribution in [0.3, 0.4) is 0 Å². The second kappa shape index (κ2) is 6.36. The van der Waals surface area contributed by atoms with E-state index in [1.807, 2.05) is 0 Å². The molecule has 14 heavy (non-hydrogen) atoms. The molecule has 0 aliphatic heterocycles. The lowest BCUT2D eigenvalue weighted by molar-refractivity contribution is -0.169. The molecule has 3 nitrogen and oxygen atoms in total. The molecule has 86 valence electrons. The second-order valence-electron chi connectivity index (χ2n) is 2.99. The number of alkyl halides is 3. The van der Waals surface area contributed by atoms with Crippen molar-refractivity contribution in [3.63, 3.8) is 0 Å². The molecule has 0 aliphatic carbocycles. The second-order valence-corrected chi connectivity index (χ2v) is 4.52. The molecule has 0 aliphatic rings. The van der Waals surface area contributed by atoms with Gasteiger partial charge in [0.15, 0.2) is 0 Å². The van der Waals surface area contributed by atoms with Gasteiger partial charge in [-0.15, -0.1) is 0 Å². The number of ether oxygens (including phenoxy) is 1. The van der Waals surface area contributed by atoms with Crippen LogP contribution in [0.5, 0.6) is 0 Å². The summed E-state index contributed by atoms with van der Waals surface area (Å²) < 4.78 is 50.0. The highest BCUT2D eigenvalue weighted by atomic mass is 32.2. The largest absolute Gasteiger partial charge is 0.411 e. The average Bonchev–Trinajstić information content (AvgIpc) is 1.98. The highest BCUT2D eigenvalue weighted by Crippen LogP contribution is 2.14. The smallest absolute Gasteiger partial charge is 0.359 e. The zero-order valence-electron chi connectivity index (χ0n) is 7.84. The van der Waals surface area contributed by atoms with E-state index in [2.05, 4.69) is 4.74 Å². The molecule has 7 heteroatoms. The molecule has 0 aromatic carbocycles. The fraction of sp³-hybridized carbons (Fsp3) is 1.00. The molecule has 2 unspecified atom stereocenters. The summed E-state index contributed by atoms with van der Waals surface area (Å²) in [6.45, 7) is 0.394. The Labute approximate surface area is 83.3 Å². The van der Waals surface area contributed by atoms with Crippen molar-refractivity contribution in [1.82, 2.24) is 0 Å². The van der Waals surface area contributed by atoms with E-state index in [1.165, 1.54) is 0 Å². The van der Waals surface area contributed by atoms with Crippen LogP contribution in [0.15, 0.2) is 0 Å². The first kappa shape index (κ1) is 13.9. The normalized spacial score (nSPS) is 16.6. The lowest BCUT2D eigenvalue weighted by atomic mass is 10.3. The maximum Gasteiger partial charge on any atom is 0.411 e. The predicted molar refractivity (Wildman–Crippen MR) is 48.1 cm³/mol. The third-order valence-corrected chi connectivity index (χ3v) is 2.40. The molecule has 0 aromatic heterocycles. The third kappa shape index (κ3) is 9.94. The van der Waals surface area contributed by atoms with E-state index >= 15 is 0 Å². The first-order valence-corrected chi connectivity index (χ1v) is 5.55. The summed E-state index contributed by atoms with van der Waals surface area (Å²) in [4.78, 5) is 0. The van der Waals surface area contributed by atoms with Crippen molar-refractivity contribution in [2.45, 2.75) is 25.6 Å². The molecule has 0 amide bonds. The van der Waals surface area contributed by atoms with Crippen molar-refractivity contribution in [2.75, 3.05) is 18.3 Å². The van der Waals surface area contributed by atoms with Crippen LogP contribution in [0, 0.1) is 0 Å². The zero-order valence-corrected chi connectivity index (χ0v) is 8.66. The Balaban J connectivity index is 3.46. The summed E-state index contributed by atoms with van der Waals surface area (Å²) in [6, 6.07) is -0.0958. The summed E-state index contributed by atoms with van der Waals surface area (Å²) in [5.41, 5.74) is 5.38. The number of rotatable bonds is 6. The van der Waals surface area contributed by atoms with Crippen molar-refractivity contribution < 1.29 is 22.1 Å². The van der Waals surface area contributed by atoms with Gasteiger partial charge in [0.05, 0.1) is 0 Å². The standard InChI is InChI=1S/C7H14F3NO2S/c1-6(11)2-3-14(12)5-13-4-7(8,9)10/h6H,2-5,11H2,1H3. The van der Waals surface area contributed by atoms with E-state index < -0.39 is 23.6 Å². The fourth-order valence-electron chi connectivity index (χ4n) is 0.627. The Bertz CT molecular complexity index is 184. The topological polar surface area (TPSA) is 52.3 Å². The van der Waals surface area contributed by atoms with Crippen LogP contribution in [0.1, 0.15) is 13.3 Å². The van der Waals surface area contributed by atoms with E-state index in [4.69, 9.17) is 5.73 Å². The third-order valence-electron chi connectivity index (χ3n) is 1.28. The van der Waals surface area contributed by atoms with E-state index in [0.29, 0.717) is 6.42 Å². The van der Waals surface area contributed by atoms with Gasteiger partial charge < -0.3 is 10.5 Å². The first-order chi connectivity index (χ1) is 6.31. The van der Waals surface area contributed by atoms with E-state index in [1.54, 1.807) is 6.92 Å². The minimum atomic E-state index is -4.36. The fourth-order valence-corrected chi connectivity index (χ4v) is 1.65. The van der Waals surface area contributed by atoms with Crippen molar-refractivity contribution in [1.29, 1.82) is 0 Å². The lowest BCUT2D eigenvalue weighted by Crippen LogP contribution is -2.22. The Morgan fingerprint density at radius 2 is 2.07 bits per heavy atom. The molecule has 2 atom stereocenters. The van der Waals surface area contributed by atoms with Gasteiger partial charge in [0.25, 0.3) is 0 Å². The summed E-state index contributed by atoms with van der Waals surface area (Å²) >= 11 is 0. The number of nitrogens with two attached hydrogens (primary N) is 1. The minimum absolute atomic E-state index is 0.0958. The summed E-state index contributed by atoms with van der Waals surface area (Å²) in [7, 11) is -1.38. The van der Waals surface area contributed by atoms with Crippen molar-refractivity contribution >= 4 is 10.8 Å². The van der Waals surface area contributed by atoms with Gasteiger partial charge in [-0.2, -0.15) is 13.2 Å². The molecule has 0 spiro atoms. The van der Waals surface area contributed by atoms with Crippen molar-refractivity contribution in [2.24, 2.45) is 5.73 Å². The van der Waals surface area contributed by atoms with Gasteiger partial charge >= 0.3 is 6.18 Å². The van der Waals surface area contributed by atoms with Crippen molar-refractivity contribution in [3.8, 4) is 0 Å². The van der Waals surface area contributed by atoms with Crippen LogP contribution in [-0.4, -0.2) is 34.7 Å². The summed E-state index contributed by atoms with van der Waals surface area (Å²) in [5.74, 6) is -0.109. The Hall–Kier alpha value is -0.140. The molecule has 0 aromatic rings. The molecule has 0 fully saturated rings. The predicted octanol–water partition coefficient (Wildman–Crippen LogP) is 1.01. The molecule has 0 rings (SSSR count). The Kier molecular flexibility index (Phi) is 6.30. The maximum atomic E-state index is 11.6. The molecule has 0 radical (unpaired) electrons. The highest BCUT2D eigenvalue weighted by Gasteiger charge is 2.27. The summed E-state index contributed by atoms with van der Waals surface area (Å²) in [6.07, 6.45) is -3.84. The van der Waals surface area contributed by atoms with Gasteiger partial charge in [0.2, 0.25) is 0 Å². The first-order valence-electron chi connectivity index (χ1n) is 4.06. The molecular weight excluding hydrogens is 219 g/mol. The highest BCUT2D eigenvalue weighted by molar-refractivity contribution is 7.84. The van der Waals surface area contributed by atoms with Crippen LogP contribution in [0.4, 0.5) is 13.2 Å². The Morgan fingerprint density at radius 3 is 2.50 bits per heavy atom. The Morgan fingerprint density at radius 1 is 1.50 bits per heavy atom. The van der Waals surface area contributed by atoms with Crippen LogP contribution in [-0.2, 0) is 15.5 Å². The van der Waals surface area contributed by atoms with Gasteiger partial charge in [-0.05, 0) is 13.3 Å². The molecule has 2 N–H and O–H groups in total. The quantitative estimate of drug-likeness (QED) is 0.745. The van der Waals surface area contributed by atoms with Gasteiger partial charge in [0.1, 0.15) is 12.5 Å². The van der Waals surface area contributed by atoms with E-state index in [-0.39, 0.29) is 17.7 Å². The maximum absolute atomic E-state index is 11.6. The lowest BCUT2D eigenvalue weighted by Gasteiger charge is -2.08. The van der Waals surface area contributed by atoms with Gasteiger partial charge in [-0.1, -0.05) is 0 Å². The van der Waals surface area contributed by atoms with Gasteiger partial charge in [-0.3, -0.25) is 4.21 Å². The zero-order chi connectivity index (χ0) is 11.2. The SMILES string of the molecule is CC(N)CCS(=O)COCC(F)(F)F. The average molecular weight is 233 g/mol. The van der Waals surface area contributed by atoms with Crippen molar-refractivity contribution in [3.05, 3.63) is 0 Å². The number of halogens is 3. The minimum Gasteiger partial charge on any atom is -0.359 e. The monoisotopic (exact) mass is 233 g/mol. The molecule has 0 bridgehead atoms. The van der Waals surface area contributed by atoms with E-state index in [9.17, 15) is 17.4 Å². The molecular formula is C7H14F3NO2S. The van der Waals surface area contributed by atoms with Crippen LogP contribution in [0.2, 0.25) is 0 Å². The molecule has 0 heterocycles. The van der Waals surface area contributed by atoms with Crippen LogP contribution >= 0.6 is 0 Å². The van der Waals surface area contributed by atoms with Gasteiger partial charge in [-0.25, -0.2) is 0 Å². The van der Waals surface area contributed by atoms with Gasteiger partial charge in [0, 0.05) is 22.6 Å². The van der Waals surface area contributed by atoms with Crippen LogP contribution in [0.25, 0.3) is 0 Å². The number of hydrogen-bond donors (Lipinski definition) is 1. The molecule has 0 saturated carbocycles. The number of hydrogen-bond acceptors (Lipinski definition) is 3.